The third-order valence-corrected chi connectivity index (χ3v) is 3.02. The summed E-state index contributed by atoms with van der Waals surface area (Å²) in [4.78, 5) is 4.51. The molecule has 0 spiro atoms. The average molecular weight is 440 g/mol. The van der Waals surface area contributed by atoms with Gasteiger partial charge in [0.25, 0.3) is 0 Å². The van der Waals surface area contributed by atoms with Gasteiger partial charge in [0.1, 0.15) is 0 Å². The quantitative estimate of drug-likeness (QED) is 0.547. The van der Waals surface area contributed by atoms with E-state index in [1.165, 1.54) is 12.1 Å². The van der Waals surface area contributed by atoms with Crippen molar-refractivity contribution in [2.24, 2.45) is 0 Å². The van der Waals surface area contributed by atoms with E-state index >= 15 is 0 Å². The van der Waals surface area contributed by atoms with Gasteiger partial charge in [-0.3, -0.25) is 0 Å². The Hall–Kier alpha value is -1.57. The van der Waals surface area contributed by atoms with Gasteiger partial charge in [0.15, 0.2) is 0 Å². The van der Waals surface area contributed by atoms with Crippen LogP contribution in [0.15, 0.2) is 48.5 Å². The van der Waals surface area contributed by atoms with Crippen LogP contribution in [-0.2, 0) is 26.5 Å². The first kappa shape index (κ1) is 14.8. The van der Waals surface area contributed by atoms with Crippen LogP contribution in [0.25, 0.3) is 22.0 Å². The molecule has 0 bridgehead atoms. The summed E-state index contributed by atoms with van der Waals surface area (Å²) in [7, 11) is 0. The largest absolute Gasteiger partial charge is 0.301 e. The van der Waals surface area contributed by atoms with Gasteiger partial charge in [-0.05, 0) is 35.9 Å². The maximum atomic E-state index is 13.4. The Kier molecular flexibility index (Phi) is 4.64. The monoisotopic (exact) mass is 441 g/mol. The number of halogens is 1. The van der Waals surface area contributed by atoms with Crippen molar-refractivity contribution in [3.63, 3.8) is 0 Å². The minimum absolute atomic E-state index is 0. The molecule has 0 aliphatic heterocycles. The van der Waals surface area contributed by atoms with Crippen LogP contribution in [-0.4, -0.2) is 4.98 Å². The predicted octanol–water partition coefficient (Wildman–Crippen LogP) is 4.09. The number of nitrogens with zero attached hydrogens (tertiary/aromatic N) is 1. The number of rotatable bonds is 2. The molecule has 0 unspecified atom stereocenters. The van der Waals surface area contributed by atoms with Gasteiger partial charge in [0.05, 0.1) is 0 Å². The summed E-state index contributed by atoms with van der Waals surface area (Å²) in [5, 5.41) is 2.02. The van der Waals surface area contributed by atoms with Crippen molar-refractivity contribution < 1.29 is 24.5 Å². The molecule has 3 radical (unpaired) electrons. The molecule has 1 heterocycles. The van der Waals surface area contributed by atoms with Crippen molar-refractivity contribution in [2.75, 3.05) is 0 Å². The predicted molar refractivity (Wildman–Crippen MR) is 74.0 cm³/mol. The molecule has 101 valence electrons. The third kappa shape index (κ3) is 2.79. The summed E-state index contributed by atoms with van der Waals surface area (Å²) in [6.07, 6.45) is 0.354. The van der Waals surface area contributed by atoms with E-state index in [4.69, 9.17) is 6.92 Å². The molecular weight excluding hydrogens is 429 g/mol. The van der Waals surface area contributed by atoms with Gasteiger partial charge >= 0.3 is 0 Å². The molecule has 3 rings (SSSR count). The second kappa shape index (κ2) is 6.25. The Morgan fingerprint density at radius 1 is 1.15 bits per heavy atom. The molecule has 2 aromatic carbocycles. The van der Waals surface area contributed by atoms with Gasteiger partial charge < -0.3 is 4.98 Å². The summed E-state index contributed by atoms with van der Waals surface area (Å²) in [5.41, 5.74) is 2.15. The van der Waals surface area contributed by atoms with Crippen LogP contribution >= 0.6 is 0 Å². The first-order valence-electron chi connectivity index (χ1n) is 6.04. The van der Waals surface area contributed by atoms with E-state index in [1.54, 1.807) is 6.07 Å². The summed E-state index contributed by atoms with van der Waals surface area (Å²) >= 11 is 0. The summed E-state index contributed by atoms with van der Waals surface area (Å²) in [6.45, 7) is 5.67. The van der Waals surface area contributed by atoms with Gasteiger partial charge in [-0.2, -0.15) is 0 Å². The van der Waals surface area contributed by atoms with Crippen LogP contribution in [0.2, 0.25) is 0 Å². The van der Waals surface area contributed by atoms with E-state index in [2.05, 4.69) is 11.1 Å². The zero-order valence-electron chi connectivity index (χ0n) is 10.6. The molecule has 0 saturated heterocycles. The third-order valence-electron chi connectivity index (χ3n) is 3.02. The molecule has 3 aromatic rings. The van der Waals surface area contributed by atoms with E-state index in [0.717, 1.165) is 22.2 Å². The van der Waals surface area contributed by atoms with E-state index in [9.17, 15) is 4.39 Å². The first-order chi connectivity index (χ1) is 9.28. The number of hydrogen-bond acceptors (Lipinski definition) is 1. The van der Waals surface area contributed by atoms with E-state index < -0.39 is 0 Å². The molecule has 0 saturated carbocycles. The summed E-state index contributed by atoms with van der Waals surface area (Å²) < 4.78 is 13.4. The minimum atomic E-state index is -0.294. The van der Waals surface area contributed by atoms with Crippen molar-refractivity contribution in [1.82, 2.24) is 4.98 Å². The molecule has 0 aliphatic rings. The van der Waals surface area contributed by atoms with Crippen LogP contribution in [0.4, 0.5) is 4.39 Å². The van der Waals surface area contributed by atoms with E-state index in [0.29, 0.717) is 12.0 Å². The van der Waals surface area contributed by atoms with Gasteiger partial charge in [-0.25, -0.2) is 4.39 Å². The number of hydrogen-bond donors (Lipinski definition) is 0. The fraction of sp³-hybridized carbons (Fsp3) is 0.0588. The Labute approximate surface area is 131 Å². The Morgan fingerprint density at radius 3 is 2.70 bits per heavy atom. The molecule has 0 fully saturated rings. The van der Waals surface area contributed by atoms with Crippen molar-refractivity contribution in [1.29, 1.82) is 0 Å². The molecule has 1 nitrogen and oxygen atoms in total. The zero-order chi connectivity index (χ0) is 13.2. The number of aromatic nitrogens is 1. The van der Waals surface area contributed by atoms with E-state index in [1.807, 2.05) is 30.3 Å². The molecule has 1 aromatic heterocycles. The van der Waals surface area contributed by atoms with Crippen molar-refractivity contribution in [3.05, 3.63) is 73.0 Å². The topological polar surface area (TPSA) is 12.9 Å². The van der Waals surface area contributed by atoms with Crippen molar-refractivity contribution in [2.45, 2.75) is 6.42 Å². The van der Waals surface area contributed by atoms with Crippen LogP contribution in [0.5, 0.6) is 0 Å². The smallest absolute Gasteiger partial charge is 0.0418 e. The average Bonchev–Trinajstić information content (AvgIpc) is 2.46. The molecule has 0 atom stereocenters. The Balaban J connectivity index is 0.00000147. The Bertz CT molecular complexity index is 740. The van der Waals surface area contributed by atoms with Gasteiger partial charge in [0, 0.05) is 31.6 Å². The van der Waals surface area contributed by atoms with Gasteiger partial charge in [-0.15, -0.1) is 29.8 Å². The number of fused-ring (bicyclic) bond motifs is 1. The fourth-order valence-corrected chi connectivity index (χ4v) is 2.14. The number of benzene rings is 2. The van der Waals surface area contributed by atoms with Crippen LogP contribution in [0, 0.1) is 18.8 Å². The standard InChI is InChI=1S/C17H11FN.Ir/c1-2-15-11-12-6-3-4-9-16(12)17(19-15)13-7-5-8-14(18)10-13;/h1,3-6,8-11H,2H2;/q-1;. The fourth-order valence-electron chi connectivity index (χ4n) is 2.14. The molecular formula is C17H11FIrN-. The molecule has 3 heteroatoms. The maximum Gasteiger partial charge on any atom is 0.0418 e. The zero-order valence-corrected chi connectivity index (χ0v) is 13.0. The summed E-state index contributed by atoms with van der Waals surface area (Å²) in [6, 6.07) is 17.2. The number of pyridine rings is 1. The molecule has 0 amide bonds. The maximum absolute atomic E-state index is 13.4. The first-order valence-corrected chi connectivity index (χ1v) is 6.04. The van der Waals surface area contributed by atoms with Crippen molar-refractivity contribution in [3.8, 4) is 11.3 Å². The van der Waals surface area contributed by atoms with E-state index in [-0.39, 0.29) is 25.9 Å². The second-order valence-corrected chi connectivity index (χ2v) is 4.31. The van der Waals surface area contributed by atoms with Crippen LogP contribution in [0.1, 0.15) is 5.69 Å². The van der Waals surface area contributed by atoms with Gasteiger partial charge in [0.2, 0.25) is 0 Å². The van der Waals surface area contributed by atoms with Crippen LogP contribution in [0.3, 0.4) is 0 Å². The normalized spacial score (nSPS) is 10.3. The van der Waals surface area contributed by atoms with Gasteiger partial charge in [-0.1, -0.05) is 24.3 Å². The summed E-state index contributed by atoms with van der Waals surface area (Å²) in [5.74, 6) is -0.294. The SMILES string of the molecule is [CH]Cc1cc2ccccc2c(-c2[c-]ccc(F)c2)n1.[Ir]. The van der Waals surface area contributed by atoms with Crippen LogP contribution < -0.4 is 0 Å². The molecule has 20 heavy (non-hydrogen) atoms. The molecule has 0 N–H and O–H groups in total. The second-order valence-electron chi connectivity index (χ2n) is 4.31. The van der Waals surface area contributed by atoms with Crippen molar-refractivity contribution >= 4 is 10.8 Å². The minimum Gasteiger partial charge on any atom is -0.301 e. The Morgan fingerprint density at radius 2 is 1.95 bits per heavy atom. The molecule has 0 aliphatic carbocycles.